The predicted molar refractivity (Wildman–Crippen MR) is 52.5 cm³/mol. The lowest BCUT2D eigenvalue weighted by Gasteiger charge is -2.25. The van der Waals surface area contributed by atoms with Crippen molar-refractivity contribution < 1.29 is 4.42 Å². The van der Waals surface area contributed by atoms with E-state index in [1.165, 1.54) is 6.42 Å². The van der Waals surface area contributed by atoms with Gasteiger partial charge in [0.05, 0.1) is 6.04 Å². The monoisotopic (exact) mass is 196 g/mol. The number of nitrogen functional groups attached to an aromatic ring is 1. The lowest BCUT2D eigenvalue weighted by atomic mass is 10.2. The number of anilines is 1. The molecule has 0 unspecified atom stereocenters. The molecule has 1 fully saturated rings. The molecule has 1 atom stereocenters. The van der Waals surface area contributed by atoms with E-state index in [0.29, 0.717) is 11.9 Å². The number of likely N-dealkylation sites (tertiary alicyclic amines) is 1. The third kappa shape index (κ3) is 1.59. The van der Waals surface area contributed by atoms with Gasteiger partial charge in [-0.05, 0) is 33.2 Å². The lowest BCUT2D eigenvalue weighted by Crippen LogP contribution is -2.30. The van der Waals surface area contributed by atoms with Crippen LogP contribution in [0.3, 0.4) is 0 Å². The van der Waals surface area contributed by atoms with Crippen LogP contribution in [0.4, 0.5) is 6.01 Å². The fourth-order valence-electron chi connectivity index (χ4n) is 2.05. The number of hydrogen-bond donors (Lipinski definition) is 1. The van der Waals surface area contributed by atoms with Crippen LogP contribution in [0.5, 0.6) is 0 Å². The van der Waals surface area contributed by atoms with Gasteiger partial charge in [-0.3, -0.25) is 4.90 Å². The first kappa shape index (κ1) is 9.45. The second-order valence-electron chi connectivity index (χ2n) is 3.97. The van der Waals surface area contributed by atoms with Crippen molar-refractivity contribution in [3.05, 3.63) is 5.89 Å². The molecule has 2 heterocycles. The minimum Gasteiger partial charge on any atom is -0.407 e. The Hall–Kier alpha value is -1.10. The molecule has 0 saturated carbocycles. The fraction of sp³-hybridized carbons (Fsp3) is 0.778. The first-order chi connectivity index (χ1) is 6.68. The quantitative estimate of drug-likeness (QED) is 0.769. The number of hydrogen-bond acceptors (Lipinski definition) is 5. The molecular weight excluding hydrogens is 180 g/mol. The SMILES string of the molecule is CC(C)N1CCC[C@H]1c1nnc(N)o1. The molecule has 0 radical (unpaired) electrons. The van der Waals surface area contributed by atoms with E-state index in [-0.39, 0.29) is 12.1 Å². The van der Waals surface area contributed by atoms with E-state index in [1.54, 1.807) is 0 Å². The number of aromatic nitrogens is 2. The second-order valence-corrected chi connectivity index (χ2v) is 3.97. The molecule has 2 N–H and O–H groups in total. The molecule has 1 aliphatic rings. The Labute approximate surface area is 83.3 Å². The van der Waals surface area contributed by atoms with Gasteiger partial charge in [0.25, 0.3) is 0 Å². The maximum absolute atomic E-state index is 5.41. The van der Waals surface area contributed by atoms with Crippen LogP contribution in [-0.4, -0.2) is 27.7 Å². The van der Waals surface area contributed by atoms with E-state index >= 15 is 0 Å². The molecule has 0 aromatic carbocycles. The van der Waals surface area contributed by atoms with E-state index in [2.05, 4.69) is 28.9 Å². The maximum atomic E-state index is 5.41. The van der Waals surface area contributed by atoms with Crippen molar-refractivity contribution in [2.24, 2.45) is 0 Å². The summed E-state index contributed by atoms with van der Waals surface area (Å²) in [5.74, 6) is 0.661. The highest BCUT2D eigenvalue weighted by atomic mass is 16.4. The van der Waals surface area contributed by atoms with Gasteiger partial charge in [-0.2, -0.15) is 0 Å². The largest absolute Gasteiger partial charge is 0.407 e. The van der Waals surface area contributed by atoms with Crippen LogP contribution in [0, 0.1) is 0 Å². The minimum atomic E-state index is 0.163. The van der Waals surface area contributed by atoms with Gasteiger partial charge in [-0.15, -0.1) is 5.10 Å². The Morgan fingerprint density at radius 2 is 2.29 bits per heavy atom. The van der Waals surface area contributed by atoms with Crippen molar-refractivity contribution in [1.29, 1.82) is 0 Å². The summed E-state index contributed by atoms with van der Waals surface area (Å²) >= 11 is 0. The first-order valence-corrected chi connectivity index (χ1v) is 5.03. The van der Waals surface area contributed by atoms with Crippen molar-refractivity contribution in [2.75, 3.05) is 12.3 Å². The van der Waals surface area contributed by atoms with Gasteiger partial charge < -0.3 is 10.2 Å². The summed E-state index contributed by atoms with van der Waals surface area (Å²) in [5.41, 5.74) is 5.41. The molecule has 0 aliphatic carbocycles. The standard InChI is InChI=1S/C9H16N4O/c1-6(2)13-5-3-4-7(13)8-11-12-9(10)14-8/h6-7H,3-5H2,1-2H3,(H2,10,12)/t7-/m0/s1. The van der Waals surface area contributed by atoms with Gasteiger partial charge in [-0.1, -0.05) is 5.10 Å². The van der Waals surface area contributed by atoms with Crippen LogP contribution in [0.2, 0.25) is 0 Å². The van der Waals surface area contributed by atoms with Crippen LogP contribution in [0.25, 0.3) is 0 Å². The van der Waals surface area contributed by atoms with Crippen LogP contribution < -0.4 is 5.73 Å². The zero-order valence-corrected chi connectivity index (χ0v) is 8.60. The third-order valence-corrected chi connectivity index (χ3v) is 2.70. The summed E-state index contributed by atoms with van der Waals surface area (Å²) in [6, 6.07) is 0.936. The summed E-state index contributed by atoms with van der Waals surface area (Å²) in [6.07, 6.45) is 2.27. The highest BCUT2D eigenvalue weighted by Crippen LogP contribution is 2.32. The Morgan fingerprint density at radius 1 is 1.50 bits per heavy atom. The van der Waals surface area contributed by atoms with Crippen LogP contribution in [0.15, 0.2) is 4.42 Å². The average Bonchev–Trinajstić information content (AvgIpc) is 2.70. The van der Waals surface area contributed by atoms with Crippen molar-refractivity contribution >= 4 is 6.01 Å². The van der Waals surface area contributed by atoms with Gasteiger partial charge in [0, 0.05) is 6.04 Å². The smallest absolute Gasteiger partial charge is 0.312 e. The first-order valence-electron chi connectivity index (χ1n) is 5.03. The summed E-state index contributed by atoms with van der Waals surface area (Å²) in [7, 11) is 0. The predicted octanol–water partition coefficient (Wildman–Crippen LogP) is 1.20. The van der Waals surface area contributed by atoms with Gasteiger partial charge in [0.15, 0.2) is 0 Å². The zero-order valence-electron chi connectivity index (χ0n) is 8.60. The molecule has 0 amide bonds. The Morgan fingerprint density at radius 3 is 2.86 bits per heavy atom. The van der Waals surface area contributed by atoms with Crippen molar-refractivity contribution in [2.45, 2.75) is 38.8 Å². The zero-order chi connectivity index (χ0) is 10.1. The molecule has 5 heteroatoms. The van der Waals surface area contributed by atoms with Gasteiger partial charge in [0.2, 0.25) is 5.89 Å². The van der Waals surface area contributed by atoms with Crippen molar-refractivity contribution in [3.63, 3.8) is 0 Å². The number of rotatable bonds is 2. The van der Waals surface area contributed by atoms with E-state index in [0.717, 1.165) is 13.0 Å². The summed E-state index contributed by atoms with van der Waals surface area (Å²) in [6.45, 7) is 5.46. The van der Waals surface area contributed by atoms with E-state index in [4.69, 9.17) is 10.2 Å². The number of nitrogens with zero attached hydrogens (tertiary/aromatic N) is 3. The van der Waals surface area contributed by atoms with Crippen LogP contribution >= 0.6 is 0 Å². The topological polar surface area (TPSA) is 68.2 Å². The van der Waals surface area contributed by atoms with E-state index < -0.39 is 0 Å². The molecule has 1 aromatic heterocycles. The van der Waals surface area contributed by atoms with Gasteiger partial charge in [0.1, 0.15) is 0 Å². The average molecular weight is 196 g/mol. The number of nitrogens with two attached hydrogens (primary N) is 1. The summed E-state index contributed by atoms with van der Waals surface area (Å²) in [5, 5.41) is 7.64. The summed E-state index contributed by atoms with van der Waals surface area (Å²) in [4.78, 5) is 2.37. The molecular formula is C9H16N4O. The van der Waals surface area contributed by atoms with Crippen molar-refractivity contribution in [1.82, 2.24) is 15.1 Å². The van der Waals surface area contributed by atoms with Crippen molar-refractivity contribution in [3.8, 4) is 0 Å². The molecule has 78 valence electrons. The molecule has 5 nitrogen and oxygen atoms in total. The second kappa shape index (κ2) is 3.57. The Bertz CT molecular complexity index is 310. The molecule has 0 bridgehead atoms. The molecule has 1 saturated heterocycles. The highest BCUT2D eigenvalue weighted by Gasteiger charge is 2.31. The molecule has 2 rings (SSSR count). The normalized spacial score (nSPS) is 23.5. The van der Waals surface area contributed by atoms with E-state index in [1.807, 2.05) is 0 Å². The Kier molecular flexibility index (Phi) is 2.41. The maximum Gasteiger partial charge on any atom is 0.312 e. The third-order valence-electron chi connectivity index (χ3n) is 2.70. The van der Waals surface area contributed by atoms with Crippen LogP contribution in [-0.2, 0) is 0 Å². The molecule has 1 aromatic rings. The fourth-order valence-corrected chi connectivity index (χ4v) is 2.05. The van der Waals surface area contributed by atoms with E-state index in [9.17, 15) is 0 Å². The van der Waals surface area contributed by atoms with Gasteiger partial charge >= 0.3 is 6.01 Å². The molecule has 14 heavy (non-hydrogen) atoms. The highest BCUT2D eigenvalue weighted by molar-refractivity contribution is 5.07. The molecule has 1 aliphatic heterocycles. The summed E-state index contributed by atoms with van der Waals surface area (Å²) < 4.78 is 5.26. The Balaban J connectivity index is 2.17. The van der Waals surface area contributed by atoms with Crippen LogP contribution in [0.1, 0.15) is 38.6 Å². The lowest BCUT2D eigenvalue weighted by molar-refractivity contribution is 0.180. The minimum absolute atomic E-state index is 0.163. The molecule has 0 spiro atoms. The van der Waals surface area contributed by atoms with Gasteiger partial charge in [-0.25, -0.2) is 0 Å².